The second-order valence-electron chi connectivity index (χ2n) is 3.47. The number of aryl methyl sites for hydroxylation is 1. The summed E-state index contributed by atoms with van der Waals surface area (Å²) in [6.45, 7) is 2.52. The van der Waals surface area contributed by atoms with Crippen molar-refractivity contribution in [1.82, 2.24) is 0 Å². The first-order chi connectivity index (χ1) is 6.70. The molecule has 0 aliphatic heterocycles. The van der Waals surface area contributed by atoms with Gasteiger partial charge in [0.05, 0.1) is 0 Å². The Bertz CT molecular complexity index is 477. The standard InChI is InChI=1S/C12H12FN/c1-8-4-9-2-3-12(13)6-10(9)5-11(8)7-14/h2-6H,7,14H2,1H3. The van der Waals surface area contributed by atoms with Crippen molar-refractivity contribution in [2.24, 2.45) is 5.73 Å². The largest absolute Gasteiger partial charge is 0.326 e. The van der Waals surface area contributed by atoms with Crippen LogP contribution in [-0.4, -0.2) is 0 Å². The highest BCUT2D eigenvalue weighted by Crippen LogP contribution is 2.20. The van der Waals surface area contributed by atoms with Crippen LogP contribution >= 0.6 is 0 Å². The maximum atomic E-state index is 12.9. The Morgan fingerprint density at radius 3 is 2.64 bits per heavy atom. The van der Waals surface area contributed by atoms with Gasteiger partial charge in [-0.2, -0.15) is 0 Å². The summed E-state index contributed by atoms with van der Waals surface area (Å²) in [6, 6.07) is 8.79. The van der Waals surface area contributed by atoms with Crippen LogP contribution in [0.15, 0.2) is 30.3 Å². The molecule has 2 aromatic rings. The third-order valence-electron chi connectivity index (χ3n) is 2.48. The normalized spacial score (nSPS) is 10.8. The molecule has 2 N–H and O–H groups in total. The zero-order chi connectivity index (χ0) is 10.1. The molecule has 2 aromatic carbocycles. The van der Waals surface area contributed by atoms with E-state index in [-0.39, 0.29) is 5.82 Å². The number of fused-ring (bicyclic) bond motifs is 1. The number of hydrogen-bond donors (Lipinski definition) is 1. The second-order valence-corrected chi connectivity index (χ2v) is 3.47. The van der Waals surface area contributed by atoms with Crippen LogP contribution in [0.3, 0.4) is 0 Å². The van der Waals surface area contributed by atoms with Gasteiger partial charge in [0.1, 0.15) is 5.82 Å². The summed E-state index contributed by atoms with van der Waals surface area (Å²) in [7, 11) is 0. The summed E-state index contributed by atoms with van der Waals surface area (Å²) in [6.07, 6.45) is 0. The number of rotatable bonds is 1. The van der Waals surface area contributed by atoms with E-state index in [0.29, 0.717) is 6.54 Å². The molecule has 1 nitrogen and oxygen atoms in total. The fourth-order valence-corrected chi connectivity index (χ4v) is 1.65. The van der Waals surface area contributed by atoms with Gasteiger partial charge in [-0.1, -0.05) is 12.1 Å². The van der Waals surface area contributed by atoms with Gasteiger partial charge >= 0.3 is 0 Å². The van der Waals surface area contributed by atoms with Gasteiger partial charge in [-0.25, -0.2) is 4.39 Å². The average molecular weight is 189 g/mol. The van der Waals surface area contributed by atoms with Crippen molar-refractivity contribution in [3.8, 4) is 0 Å². The molecular weight excluding hydrogens is 177 g/mol. The SMILES string of the molecule is Cc1cc2ccc(F)cc2cc1CN. The molecular formula is C12H12FN. The second kappa shape index (κ2) is 3.39. The Morgan fingerprint density at radius 2 is 1.93 bits per heavy atom. The summed E-state index contributed by atoms with van der Waals surface area (Å²) in [5.41, 5.74) is 7.82. The van der Waals surface area contributed by atoms with Crippen molar-refractivity contribution in [3.05, 3.63) is 47.3 Å². The summed E-state index contributed by atoms with van der Waals surface area (Å²) in [5, 5.41) is 1.97. The lowest BCUT2D eigenvalue weighted by Gasteiger charge is -2.05. The van der Waals surface area contributed by atoms with Crippen LogP contribution in [0.5, 0.6) is 0 Å². The topological polar surface area (TPSA) is 26.0 Å². The molecule has 0 radical (unpaired) electrons. The highest BCUT2D eigenvalue weighted by molar-refractivity contribution is 5.84. The Labute approximate surface area is 82.3 Å². The van der Waals surface area contributed by atoms with Gasteiger partial charge in [0.15, 0.2) is 0 Å². The minimum atomic E-state index is -0.204. The van der Waals surface area contributed by atoms with Crippen LogP contribution in [-0.2, 0) is 6.54 Å². The van der Waals surface area contributed by atoms with E-state index in [2.05, 4.69) is 0 Å². The van der Waals surface area contributed by atoms with Gasteiger partial charge in [-0.05, 0) is 47.0 Å². The first-order valence-corrected chi connectivity index (χ1v) is 4.59. The molecule has 14 heavy (non-hydrogen) atoms. The predicted molar refractivity (Wildman–Crippen MR) is 56.5 cm³/mol. The van der Waals surface area contributed by atoms with Crippen molar-refractivity contribution in [2.75, 3.05) is 0 Å². The van der Waals surface area contributed by atoms with E-state index >= 15 is 0 Å². The van der Waals surface area contributed by atoms with Crippen molar-refractivity contribution < 1.29 is 4.39 Å². The van der Waals surface area contributed by atoms with Crippen molar-refractivity contribution >= 4 is 10.8 Å². The lowest BCUT2D eigenvalue weighted by atomic mass is 10.0. The summed E-state index contributed by atoms with van der Waals surface area (Å²) in [5.74, 6) is -0.204. The first-order valence-electron chi connectivity index (χ1n) is 4.59. The van der Waals surface area contributed by atoms with Crippen molar-refractivity contribution in [1.29, 1.82) is 0 Å². The molecule has 72 valence electrons. The molecule has 0 atom stereocenters. The molecule has 0 amide bonds. The molecule has 0 bridgehead atoms. The summed E-state index contributed by atoms with van der Waals surface area (Å²) >= 11 is 0. The minimum Gasteiger partial charge on any atom is -0.326 e. The molecule has 0 saturated carbocycles. The van der Waals surface area contributed by atoms with E-state index in [1.165, 1.54) is 12.1 Å². The zero-order valence-electron chi connectivity index (χ0n) is 8.05. The van der Waals surface area contributed by atoms with Gasteiger partial charge < -0.3 is 5.73 Å². The predicted octanol–water partition coefficient (Wildman–Crippen LogP) is 2.75. The fraction of sp³-hybridized carbons (Fsp3) is 0.167. The van der Waals surface area contributed by atoms with Gasteiger partial charge in [-0.3, -0.25) is 0 Å². The number of nitrogens with two attached hydrogens (primary N) is 1. The van der Waals surface area contributed by atoms with Gasteiger partial charge in [-0.15, -0.1) is 0 Å². The molecule has 0 aliphatic carbocycles. The Balaban J connectivity index is 2.73. The number of halogens is 1. The lowest BCUT2D eigenvalue weighted by Crippen LogP contribution is -1.98. The van der Waals surface area contributed by atoms with E-state index in [1.54, 1.807) is 6.07 Å². The first kappa shape index (κ1) is 9.16. The molecule has 0 unspecified atom stereocenters. The summed E-state index contributed by atoms with van der Waals surface area (Å²) < 4.78 is 12.9. The Kier molecular flexibility index (Phi) is 2.22. The van der Waals surface area contributed by atoms with E-state index in [9.17, 15) is 4.39 Å². The average Bonchev–Trinajstić information content (AvgIpc) is 2.17. The van der Waals surface area contributed by atoms with E-state index in [1.807, 2.05) is 19.1 Å². The molecule has 0 spiro atoms. The molecule has 0 aromatic heterocycles. The molecule has 0 fully saturated rings. The van der Waals surface area contributed by atoms with Crippen LogP contribution in [0.4, 0.5) is 4.39 Å². The highest BCUT2D eigenvalue weighted by Gasteiger charge is 2.00. The van der Waals surface area contributed by atoms with E-state index in [0.717, 1.165) is 21.9 Å². The maximum absolute atomic E-state index is 12.9. The van der Waals surface area contributed by atoms with Crippen molar-refractivity contribution in [2.45, 2.75) is 13.5 Å². The van der Waals surface area contributed by atoms with Crippen LogP contribution in [0, 0.1) is 12.7 Å². The van der Waals surface area contributed by atoms with Crippen LogP contribution < -0.4 is 5.73 Å². The van der Waals surface area contributed by atoms with Gasteiger partial charge in [0, 0.05) is 6.54 Å². The molecule has 0 aliphatic rings. The molecule has 0 heterocycles. The van der Waals surface area contributed by atoms with Crippen LogP contribution in [0.2, 0.25) is 0 Å². The summed E-state index contributed by atoms with van der Waals surface area (Å²) in [4.78, 5) is 0. The van der Waals surface area contributed by atoms with E-state index in [4.69, 9.17) is 5.73 Å². The third kappa shape index (κ3) is 1.49. The van der Waals surface area contributed by atoms with E-state index < -0.39 is 0 Å². The quantitative estimate of drug-likeness (QED) is 0.733. The van der Waals surface area contributed by atoms with Crippen LogP contribution in [0.25, 0.3) is 10.8 Å². The smallest absolute Gasteiger partial charge is 0.123 e. The molecule has 0 saturated heterocycles. The maximum Gasteiger partial charge on any atom is 0.123 e. The van der Waals surface area contributed by atoms with Crippen molar-refractivity contribution in [3.63, 3.8) is 0 Å². The monoisotopic (exact) mass is 189 g/mol. The Morgan fingerprint density at radius 1 is 1.14 bits per heavy atom. The minimum absolute atomic E-state index is 0.204. The van der Waals surface area contributed by atoms with Crippen LogP contribution in [0.1, 0.15) is 11.1 Å². The number of hydrogen-bond acceptors (Lipinski definition) is 1. The third-order valence-corrected chi connectivity index (χ3v) is 2.48. The van der Waals surface area contributed by atoms with Gasteiger partial charge in [0.25, 0.3) is 0 Å². The zero-order valence-corrected chi connectivity index (χ0v) is 8.05. The molecule has 2 rings (SSSR count). The lowest BCUT2D eigenvalue weighted by molar-refractivity contribution is 0.629. The number of benzene rings is 2. The highest BCUT2D eigenvalue weighted by atomic mass is 19.1. The fourth-order valence-electron chi connectivity index (χ4n) is 1.65. The van der Waals surface area contributed by atoms with Gasteiger partial charge in [0.2, 0.25) is 0 Å². The molecule has 2 heteroatoms. The Hall–Kier alpha value is -1.41.